The normalized spacial score (nSPS) is 21.7. The van der Waals surface area contributed by atoms with Crippen molar-refractivity contribution in [3.63, 3.8) is 0 Å². The second-order valence-corrected chi connectivity index (χ2v) is 10.2. The van der Waals surface area contributed by atoms with Crippen LogP contribution in [0.5, 0.6) is 0 Å². The molecule has 1 aromatic rings. The number of rotatable bonds is 7. The molecule has 9 nitrogen and oxygen atoms in total. The minimum Gasteiger partial charge on any atom is -0.383 e. The molecule has 0 spiro atoms. The van der Waals surface area contributed by atoms with E-state index >= 15 is 0 Å². The third-order valence-electron chi connectivity index (χ3n) is 6.23. The molecule has 3 heterocycles. The van der Waals surface area contributed by atoms with Crippen molar-refractivity contribution < 1.29 is 22.7 Å². The average molecular weight is 451 g/mol. The van der Waals surface area contributed by atoms with E-state index in [-0.39, 0.29) is 29.3 Å². The number of nitrogens with one attached hydrogen (secondary N) is 1. The highest BCUT2D eigenvalue weighted by atomic mass is 32.2. The summed E-state index contributed by atoms with van der Waals surface area (Å²) < 4.78 is 32.7. The molecular formula is C21H30N4O5S. The predicted molar refractivity (Wildman–Crippen MR) is 117 cm³/mol. The van der Waals surface area contributed by atoms with Crippen molar-refractivity contribution in [3.05, 3.63) is 18.2 Å². The molecule has 0 unspecified atom stereocenters. The summed E-state index contributed by atoms with van der Waals surface area (Å²) >= 11 is 0. The Bertz CT molecular complexity index is 945. The third kappa shape index (κ3) is 4.28. The van der Waals surface area contributed by atoms with Gasteiger partial charge in [-0.3, -0.25) is 14.5 Å². The molecule has 170 valence electrons. The summed E-state index contributed by atoms with van der Waals surface area (Å²) in [6.07, 6.45) is 4.37. The van der Waals surface area contributed by atoms with E-state index in [0.29, 0.717) is 31.9 Å². The van der Waals surface area contributed by atoms with Crippen molar-refractivity contribution in [2.24, 2.45) is 0 Å². The van der Waals surface area contributed by atoms with Crippen molar-refractivity contribution >= 4 is 33.2 Å². The monoisotopic (exact) mass is 450 g/mol. The van der Waals surface area contributed by atoms with E-state index in [1.54, 1.807) is 25.3 Å². The Hall–Kier alpha value is -2.17. The molecule has 0 aromatic heterocycles. The first-order valence-electron chi connectivity index (χ1n) is 10.9. The van der Waals surface area contributed by atoms with E-state index in [2.05, 4.69) is 10.2 Å². The van der Waals surface area contributed by atoms with Crippen LogP contribution in [0.2, 0.25) is 0 Å². The van der Waals surface area contributed by atoms with Crippen molar-refractivity contribution in [1.29, 1.82) is 0 Å². The van der Waals surface area contributed by atoms with Crippen LogP contribution in [0.25, 0.3) is 0 Å². The minimum absolute atomic E-state index is 0.146. The van der Waals surface area contributed by atoms with Crippen LogP contribution in [0.1, 0.15) is 32.1 Å². The summed E-state index contributed by atoms with van der Waals surface area (Å²) in [5.41, 5.74) is 1.31. The van der Waals surface area contributed by atoms with Gasteiger partial charge in [0.25, 0.3) is 0 Å². The number of hydrogen-bond donors (Lipinski definition) is 1. The lowest BCUT2D eigenvalue weighted by molar-refractivity contribution is -0.125. The Balaban J connectivity index is 1.68. The van der Waals surface area contributed by atoms with Gasteiger partial charge in [0, 0.05) is 33.3 Å². The molecule has 3 aliphatic rings. The van der Waals surface area contributed by atoms with Crippen LogP contribution >= 0.6 is 0 Å². The van der Waals surface area contributed by atoms with Crippen LogP contribution in [0.3, 0.4) is 0 Å². The zero-order valence-electron chi connectivity index (χ0n) is 17.9. The highest BCUT2D eigenvalue weighted by Gasteiger charge is 2.41. The van der Waals surface area contributed by atoms with Gasteiger partial charge in [0.2, 0.25) is 21.8 Å². The molecule has 1 N–H and O–H groups in total. The van der Waals surface area contributed by atoms with Crippen LogP contribution in [0.4, 0.5) is 11.4 Å². The molecule has 2 amide bonds. The maximum absolute atomic E-state index is 13.3. The number of anilines is 2. The molecule has 2 saturated heterocycles. The van der Waals surface area contributed by atoms with Crippen LogP contribution in [0.15, 0.2) is 23.1 Å². The van der Waals surface area contributed by atoms with Crippen LogP contribution < -0.4 is 15.1 Å². The largest absolute Gasteiger partial charge is 0.383 e. The standard InChI is InChI=1S/C21H30N4O5S/c1-30-13-9-22-20(26)15-25-19-14-16(31(28,29)23-10-4-5-11-23)7-8-17(19)24-12-3-2-6-18(24)21(25)27/h7-8,14,18H,2-6,9-13,15H2,1H3,(H,22,26)/t18-/m1/s1. The van der Waals surface area contributed by atoms with Gasteiger partial charge in [-0.25, -0.2) is 8.42 Å². The van der Waals surface area contributed by atoms with E-state index in [1.807, 2.05) is 0 Å². The third-order valence-corrected chi connectivity index (χ3v) is 8.13. The number of nitrogens with zero attached hydrogens (tertiary/aromatic N) is 3. The number of carbonyl (C=O) groups is 2. The minimum atomic E-state index is -3.63. The fraction of sp³-hybridized carbons (Fsp3) is 0.619. The van der Waals surface area contributed by atoms with Gasteiger partial charge < -0.3 is 15.0 Å². The SMILES string of the molecule is COCCNC(=O)CN1C(=O)[C@H]2CCCCN2c2ccc(S(=O)(=O)N3CCCC3)cc21. The van der Waals surface area contributed by atoms with Crippen molar-refractivity contribution in [1.82, 2.24) is 9.62 Å². The van der Waals surface area contributed by atoms with Crippen molar-refractivity contribution in [3.8, 4) is 0 Å². The van der Waals surface area contributed by atoms with Gasteiger partial charge in [-0.15, -0.1) is 0 Å². The van der Waals surface area contributed by atoms with Crippen molar-refractivity contribution in [2.45, 2.75) is 43.0 Å². The number of benzene rings is 1. The van der Waals surface area contributed by atoms with Crippen LogP contribution in [-0.2, 0) is 24.3 Å². The van der Waals surface area contributed by atoms with E-state index in [1.165, 1.54) is 9.21 Å². The summed E-state index contributed by atoms with van der Waals surface area (Å²) in [5, 5.41) is 2.75. The van der Waals surface area contributed by atoms with Gasteiger partial charge in [-0.1, -0.05) is 0 Å². The number of methoxy groups -OCH3 is 1. The summed E-state index contributed by atoms with van der Waals surface area (Å²) in [5.74, 6) is -0.446. The molecule has 4 rings (SSSR count). The molecule has 1 atom stereocenters. The molecule has 10 heteroatoms. The summed E-state index contributed by atoms with van der Waals surface area (Å²) in [7, 11) is -2.08. The van der Waals surface area contributed by atoms with Gasteiger partial charge in [-0.2, -0.15) is 4.31 Å². The van der Waals surface area contributed by atoms with E-state index in [4.69, 9.17) is 4.74 Å². The molecule has 1 aromatic carbocycles. The van der Waals surface area contributed by atoms with E-state index in [0.717, 1.165) is 44.3 Å². The summed E-state index contributed by atoms with van der Waals surface area (Å²) in [6, 6.07) is 4.67. The first kappa shape index (κ1) is 22.0. The van der Waals surface area contributed by atoms with E-state index in [9.17, 15) is 18.0 Å². The summed E-state index contributed by atoms with van der Waals surface area (Å²) in [4.78, 5) is 29.5. The number of carbonyl (C=O) groups excluding carboxylic acids is 2. The maximum Gasteiger partial charge on any atom is 0.250 e. The quantitative estimate of drug-likeness (QED) is 0.621. The fourth-order valence-electron chi connectivity index (χ4n) is 4.63. The Kier molecular flexibility index (Phi) is 6.49. The Labute approximate surface area is 183 Å². The van der Waals surface area contributed by atoms with Gasteiger partial charge in [-0.05, 0) is 50.3 Å². The lowest BCUT2D eigenvalue weighted by atomic mass is 9.96. The van der Waals surface area contributed by atoms with Crippen molar-refractivity contribution in [2.75, 3.05) is 56.2 Å². The first-order chi connectivity index (χ1) is 14.9. The van der Waals surface area contributed by atoms with Gasteiger partial charge >= 0.3 is 0 Å². The molecule has 0 bridgehead atoms. The number of hydrogen-bond acceptors (Lipinski definition) is 6. The molecule has 3 aliphatic heterocycles. The Morgan fingerprint density at radius 2 is 1.87 bits per heavy atom. The maximum atomic E-state index is 13.3. The highest BCUT2D eigenvalue weighted by Crippen LogP contribution is 2.41. The molecule has 31 heavy (non-hydrogen) atoms. The second kappa shape index (κ2) is 9.13. The number of sulfonamides is 1. The lowest BCUT2D eigenvalue weighted by Gasteiger charge is -2.45. The molecule has 0 saturated carbocycles. The van der Waals surface area contributed by atoms with E-state index < -0.39 is 10.0 Å². The van der Waals surface area contributed by atoms with Gasteiger partial charge in [0.05, 0.1) is 22.9 Å². The molecule has 2 fully saturated rings. The van der Waals surface area contributed by atoms with Crippen LogP contribution in [-0.4, -0.2) is 77.0 Å². The highest BCUT2D eigenvalue weighted by molar-refractivity contribution is 7.89. The first-order valence-corrected chi connectivity index (χ1v) is 12.4. The van der Waals surface area contributed by atoms with Gasteiger partial charge in [0.1, 0.15) is 12.6 Å². The second-order valence-electron chi connectivity index (χ2n) is 8.23. The predicted octanol–water partition coefficient (Wildman–Crippen LogP) is 0.939. The molecule has 0 radical (unpaired) electrons. The Morgan fingerprint density at radius 3 is 2.61 bits per heavy atom. The van der Waals surface area contributed by atoms with Crippen LogP contribution in [0, 0.1) is 0 Å². The number of amides is 2. The number of fused-ring (bicyclic) bond motifs is 3. The molecule has 0 aliphatic carbocycles. The van der Waals surface area contributed by atoms with Gasteiger partial charge in [0.15, 0.2) is 0 Å². The Morgan fingerprint density at radius 1 is 1.13 bits per heavy atom. The zero-order valence-corrected chi connectivity index (χ0v) is 18.7. The lowest BCUT2D eigenvalue weighted by Crippen LogP contribution is -2.57. The topological polar surface area (TPSA) is 99.3 Å². The smallest absolute Gasteiger partial charge is 0.250 e. The summed E-state index contributed by atoms with van der Waals surface area (Å²) in [6.45, 7) is 2.35. The number of ether oxygens (including phenoxy) is 1. The molecular weight excluding hydrogens is 420 g/mol. The zero-order chi connectivity index (χ0) is 22.0. The average Bonchev–Trinajstić information content (AvgIpc) is 3.32. The number of piperidine rings is 1. The fourth-order valence-corrected chi connectivity index (χ4v) is 6.17.